The second-order valence-electron chi connectivity index (χ2n) is 7.74. The monoisotopic (exact) mass is 509 g/mol. The Kier molecular flexibility index (Phi) is 7.36. The van der Waals surface area contributed by atoms with Crippen LogP contribution >= 0.6 is 34.9 Å². The average molecular weight is 510 g/mol. The van der Waals surface area contributed by atoms with Gasteiger partial charge >= 0.3 is 5.97 Å². The topological polar surface area (TPSA) is 134 Å². The number of carbonyl (C=O) groups is 3. The molecule has 2 amide bonds. The van der Waals surface area contributed by atoms with Crippen molar-refractivity contribution in [1.82, 2.24) is 35.3 Å². The summed E-state index contributed by atoms with van der Waals surface area (Å²) in [4.78, 5) is 41.4. The fourth-order valence-corrected chi connectivity index (χ4v) is 6.57. The molecule has 0 spiro atoms. The molecule has 0 saturated carbocycles. The van der Waals surface area contributed by atoms with Gasteiger partial charge in [-0.05, 0) is 41.5 Å². The van der Waals surface area contributed by atoms with Crippen molar-refractivity contribution >= 4 is 52.6 Å². The van der Waals surface area contributed by atoms with Gasteiger partial charge in [0.1, 0.15) is 17.1 Å². The molecule has 2 aromatic rings. The van der Waals surface area contributed by atoms with Crippen molar-refractivity contribution in [2.45, 2.75) is 29.5 Å². The van der Waals surface area contributed by atoms with Gasteiger partial charge in [0.2, 0.25) is 11.1 Å². The summed E-state index contributed by atoms with van der Waals surface area (Å²) in [6.07, 6.45) is 0.199. The molecule has 1 saturated heterocycles. The van der Waals surface area contributed by atoms with Crippen LogP contribution in [0.3, 0.4) is 0 Å². The maximum absolute atomic E-state index is 12.8. The van der Waals surface area contributed by atoms with Crippen molar-refractivity contribution in [1.29, 1.82) is 0 Å². The third kappa shape index (κ3) is 5.23. The maximum Gasteiger partial charge on any atom is 0.352 e. The highest BCUT2D eigenvalue weighted by molar-refractivity contribution is 8.01. The lowest BCUT2D eigenvalue weighted by Crippen LogP contribution is -2.70. The molecule has 2 aliphatic heterocycles. The van der Waals surface area contributed by atoms with Crippen LogP contribution in [0, 0.1) is 0 Å². The fourth-order valence-electron chi connectivity index (χ4n) is 3.48. The minimum Gasteiger partial charge on any atom is -0.477 e. The SMILES string of the molecule is CN(C)CCn1nnnc1SCC1=C(C(=O)O)N2C(=O)C(NC(=O)Cc3cccs3)[C@H]2SC1. The van der Waals surface area contributed by atoms with E-state index < -0.39 is 23.3 Å². The summed E-state index contributed by atoms with van der Waals surface area (Å²) in [7, 11) is 3.91. The number of nitrogens with zero attached hydrogens (tertiary/aromatic N) is 6. The summed E-state index contributed by atoms with van der Waals surface area (Å²) in [6, 6.07) is 3.01. The number of aliphatic carboxylic acids is 1. The van der Waals surface area contributed by atoms with Crippen LogP contribution in [0.1, 0.15) is 4.88 Å². The van der Waals surface area contributed by atoms with E-state index in [-0.39, 0.29) is 18.0 Å². The molecule has 2 aliphatic rings. The van der Waals surface area contributed by atoms with E-state index in [1.807, 2.05) is 36.5 Å². The highest BCUT2D eigenvalue weighted by Gasteiger charge is 2.54. The molecule has 14 heteroatoms. The predicted octanol–water partition coefficient (Wildman–Crippen LogP) is 0.370. The average Bonchev–Trinajstić information content (AvgIpc) is 3.45. The van der Waals surface area contributed by atoms with Crippen LogP contribution in [0.25, 0.3) is 0 Å². The van der Waals surface area contributed by atoms with Gasteiger partial charge in [0, 0.05) is 22.9 Å². The summed E-state index contributed by atoms with van der Waals surface area (Å²) in [5.74, 6) is -1.01. The Morgan fingerprint density at radius 1 is 1.39 bits per heavy atom. The number of carboxylic acids is 1. The van der Waals surface area contributed by atoms with Crippen molar-refractivity contribution in [3.8, 4) is 0 Å². The van der Waals surface area contributed by atoms with E-state index in [0.29, 0.717) is 28.8 Å². The standard InChI is InChI=1S/C19H23N7O4S3/c1-24(2)5-6-25-19(21-22-23-25)33-10-11-9-32-17-14(16(28)26(17)15(11)18(29)30)20-13(27)8-12-4-3-7-31-12/h3-4,7,14,17H,5-6,8-10H2,1-2H3,(H,20,27)(H,29,30)/t14?,17-/m1/s1. The van der Waals surface area contributed by atoms with E-state index in [9.17, 15) is 19.5 Å². The molecule has 0 aliphatic carbocycles. The van der Waals surface area contributed by atoms with Crippen molar-refractivity contribution in [3.63, 3.8) is 0 Å². The van der Waals surface area contributed by atoms with Gasteiger partial charge in [-0.15, -0.1) is 28.2 Å². The maximum atomic E-state index is 12.8. The molecule has 1 fully saturated rings. The number of hydrogen-bond acceptors (Lipinski definition) is 10. The molecule has 0 aromatic carbocycles. The van der Waals surface area contributed by atoms with E-state index in [0.717, 1.165) is 11.4 Å². The number of amides is 2. The summed E-state index contributed by atoms with van der Waals surface area (Å²) < 4.78 is 1.68. The second-order valence-corrected chi connectivity index (χ2v) is 10.8. The van der Waals surface area contributed by atoms with Gasteiger partial charge in [-0.1, -0.05) is 17.8 Å². The molecule has 2 aromatic heterocycles. The van der Waals surface area contributed by atoms with Gasteiger partial charge in [-0.3, -0.25) is 14.5 Å². The van der Waals surface area contributed by atoms with Crippen LogP contribution in [0.2, 0.25) is 0 Å². The molecule has 33 heavy (non-hydrogen) atoms. The number of likely N-dealkylation sites (N-methyl/N-ethyl adjacent to an activating group) is 1. The minimum absolute atomic E-state index is 0.00711. The van der Waals surface area contributed by atoms with E-state index in [1.165, 1.54) is 39.8 Å². The molecule has 4 rings (SSSR count). The van der Waals surface area contributed by atoms with Crippen molar-refractivity contribution in [2.75, 3.05) is 32.1 Å². The van der Waals surface area contributed by atoms with E-state index in [2.05, 4.69) is 20.8 Å². The Morgan fingerprint density at radius 2 is 2.21 bits per heavy atom. The van der Waals surface area contributed by atoms with Crippen LogP contribution in [0.15, 0.2) is 33.9 Å². The zero-order valence-corrected chi connectivity index (χ0v) is 20.5. The second kappa shape index (κ2) is 10.2. The van der Waals surface area contributed by atoms with Gasteiger partial charge in [0.25, 0.3) is 5.91 Å². The summed E-state index contributed by atoms with van der Waals surface area (Å²) in [5, 5.41) is 26.4. The first-order valence-electron chi connectivity index (χ1n) is 10.1. The number of fused-ring (bicyclic) bond motifs is 1. The molecule has 0 bridgehead atoms. The molecular formula is C19H23N7O4S3. The van der Waals surface area contributed by atoms with Gasteiger partial charge in [0.15, 0.2) is 0 Å². The zero-order chi connectivity index (χ0) is 23.5. The number of nitrogens with one attached hydrogen (secondary N) is 1. The Labute approximate surface area is 202 Å². The third-order valence-corrected chi connectivity index (χ3v) is 8.37. The molecule has 0 radical (unpaired) electrons. The quantitative estimate of drug-likeness (QED) is 0.342. The lowest BCUT2D eigenvalue weighted by Gasteiger charge is -2.49. The van der Waals surface area contributed by atoms with Crippen molar-refractivity contribution in [2.24, 2.45) is 0 Å². The Hall–Kier alpha value is -2.42. The molecule has 2 atom stereocenters. The number of thiophene rings is 1. The molecule has 4 heterocycles. The first kappa shape index (κ1) is 23.7. The van der Waals surface area contributed by atoms with Crippen LogP contribution < -0.4 is 5.32 Å². The lowest BCUT2D eigenvalue weighted by atomic mass is 10.0. The summed E-state index contributed by atoms with van der Waals surface area (Å²) >= 11 is 4.27. The number of carbonyl (C=O) groups excluding carboxylic acids is 2. The van der Waals surface area contributed by atoms with Gasteiger partial charge in [-0.2, -0.15) is 0 Å². The minimum atomic E-state index is -1.15. The van der Waals surface area contributed by atoms with E-state index >= 15 is 0 Å². The highest BCUT2D eigenvalue weighted by atomic mass is 32.2. The van der Waals surface area contributed by atoms with E-state index in [4.69, 9.17) is 0 Å². The Balaban J connectivity index is 1.41. The molecule has 1 unspecified atom stereocenters. The molecule has 11 nitrogen and oxygen atoms in total. The molecular weight excluding hydrogens is 486 g/mol. The van der Waals surface area contributed by atoms with Gasteiger partial charge in [-0.25, -0.2) is 9.48 Å². The summed E-state index contributed by atoms with van der Waals surface area (Å²) in [5.41, 5.74) is 0.625. The highest BCUT2D eigenvalue weighted by Crippen LogP contribution is 2.41. The molecule has 2 N–H and O–H groups in total. The predicted molar refractivity (Wildman–Crippen MR) is 125 cm³/mol. The van der Waals surface area contributed by atoms with Gasteiger partial charge in [0.05, 0.1) is 13.0 Å². The largest absolute Gasteiger partial charge is 0.477 e. The number of thioether (sulfide) groups is 2. The fraction of sp³-hybridized carbons (Fsp3) is 0.474. The van der Waals surface area contributed by atoms with E-state index in [1.54, 1.807) is 4.68 Å². The van der Waals surface area contributed by atoms with Crippen LogP contribution in [0.4, 0.5) is 0 Å². The number of rotatable bonds is 10. The van der Waals surface area contributed by atoms with Crippen molar-refractivity contribution in [3.05, 3.63) is 33.7 Å². The number of hydrogen-bond donors (Lipinski definition) is 2. The van der Waals surface area contributed by atoms with Crippen molar-refractivity contribution < 1.29 is 19.5 Å². The Bertz CT molecular complexity index is 1070. The van der Waals surface area contributed by atoms with Crippen LogP contribution in [-0.2, 0) is 27.3 Å². The smallest absolute Gasteiger partial charge is 0.352 e. The number of β-lactam (4-membered cyclic amide) rings is 1. The van der Waals surface area contributed by atoms with Crippen LogP contribution in [-0.4, -0.2) is 96.5 Å². The number of aromatic nitrogens is 4. The number of carboxylic acid groups (broad SMARTS) is 1. The normalized spacial score (nSPS) is 20.1. The summed E-state index contributed by atoms with van der Waals surface area (Å²) in [6.45, 7) is 1.38. The first-order valence-corrected chi connectivity index (χ1v) is 13.0. The van der Waals surface area contributed by atoms with Gasteiger partial charge < -0.3 is 15.3 Å². The zero-order valence-electron chi connectivity index (χ0n) is 18.0. The van der Waals surface area contributed by atoms with Crippen LogP contribution in [0.5, 0.6) is 0 Å². The first-order chi connectivity index (χ1) is 15.8. The Morgan fingerprint density at radius 3 is 2.91 bits per heavy atom. The third-order valence-electron chi connectivity index (χ3n) is 5.11. The lowest BCUT2D eigenvalue weighted by molar-refractivity contribution is -0.150. The molecule has 176 valence electrons. The number of tetrazole rings is 1.